The zero-order valence-corrected chi connectivity index (χ0v) is 12.4. The predicted molar refractivity (Wildman–Crippen MR) is 85.2 cm³/mol. The summed E-state index contributed by atoms with van der Waals surface area (Å²) in [6.07, 6.45) is 0.701. The molecule has 116 valence electrons. The molecule has 1 heterocycles. The zero-order valence-electron chi connectivity index (χ0n) is 12.4. The third-order valence-corrected chi connectivity index (χ3v) is 4.30. The quantitative estimate of drug-likeness (QED) is 0.778. The molecule has 0 radical (unpaired) electrons. The molecule has 1 aromatic heterocycles. The molecule has 0 saturated heterocycles. The maximum atomic E-state index is 13.7. The lowest BCUT2D eigenvalue weighted by molar-refractivity contribution is -0.122. The lowest BCUT2D eigenvalue weighted by Crippen LogP contribution is -2.25. The van der Waals surface area contributed by atoms with Gasteiger partial charge in [-0.15, -0.1) is 0 Å². The van der Waals surface area contributed by atoms with Crippen LogP contribution in [-0.4, -0.2) is 15.9 Å². The summed E-state index contributed by atoms with van der Waals surface area (Å²) >= 11 is 0. The minimum absolute atomic E-state index is 0.00752. The Kier molecular flexibility index (Phi) is 3.33. The van der Waals surface area contributed by atoms with Crippen LogP contribution in [0.4, 0.5) is 4.39 Å². The lowest BCUT2D eigenvalue weighted by Gasteiger charge is -2.04. The smallest absolute Gasteiger partial charge is 0.224 e. The van der Waals surface area contributed by atoms with Crippen molar-refractivity contribution in [1.29, 1.82) is 0 Å². The fraction of sp³-hybridized carbons (Fsp3) is 0.222. The van der Waals surface area contributed by atoms with Gasteiger partial charge in [0.2, 0.25) is 5.91 Å². The summed E-state index contributed by atoms with van der Waals surface area (Å²) in [6.45, 7) is 0.355. The molecule has 2 N–H and O–H groups in total. The summed E-state index contributed by atoms with van der Waals surface area (Å²) in [4.78, 5) is 19.8. The Hall–Kier alpha value is -2.69. The number of carbonyl (C=O) groups excluding carboxylic acids is 1. The lowest BCUT2D eigenvalue weighted by atomic mass is 10.1. The highest BCUT2D eigenvalue weighted by Crippen LogP contribution is 2.48. The number of hydrogen-bond acceptors (Lipinski definition) is 2. The summed E-state index contributed by atoms with van der Waals surface area (Å²) in [6, 6.07) is 14.4. The van der Waals surface area contributed by atoms with Crippen molar-refractivity contribution >= 4 is 16.9 Å². The van der Waals surface area contributed by atoms with Gasteiger partial charge < -0.3 is 10.3 Å². The highest BCUT2D eigenvalue weighted by molar-refractivity contribution is 5.83. The normalized spacial score (nSPS) is 19.7. The number of aromatic amines is 1. The first-order valence-electron chi connectivity index (χ1n) is 7.68. The highest BCUT2D eigenvalue weighted by atomic mass is 19.1. The number of H-pyrrole nitrogens is 1. The predicted octanol–water partition coefficient (Wildman–Crippen LogP) is 3.12. The van der Waals surface area contributed by atoms with E-state index < -0.39 is 0 Å². The van der Waals surface area contributed by atoms with E-state index in [1.807, 2.05) is 24.3 Å². The first-order chi connectivity index (χ1) is 11.2. The van der Waals surface area contributed by atoms with Gasteiger partial charge >= 0.3 is 0 Å². The van der Waals surface area contributed by atoms with E-state index in [2.05, 4.69) is 15.3 Å². The Morgan fingerprint density at radius 3 is 2.83 bits per heavy atom. The van der Waals surface area contributed by atoms with E-state index in [0.29, 0.717) is 18.5 Å². The van der Waals surface area contributed by atoms with Crippen molar-refractivity contribution in [3.8, 4) is 0 Å². The number of aromatic nitrogens is 2. The zero-order chi connectivity index (χ0) is 15.8. The molecule has 1 aliphatic rings. The minimum atomic E-state index is -0.231. The topological polar surface area (TPSA) is 57.8 Å². The first kappa shape index (κ1) is 13.9. The molecule has 0 unspecified atom stereocenters. The Balaban J connectivity index is 1.39. The van der Waals surface area contributed by atoms with Gasteiger partial charge in [-0.3, -0.25) is 4.79 Å². The number of carbonyl (C=O) groups is 1. The number of halogens is 1. The Morgan fingerprint density at radius 2 is 2.00 bits per heavy atom. The molecule has 4 rings (SSSR count). The summed E-state index contributed by atoms with van der Waals surface area (Å²) in [5.74, 6) is 0.301. The molecule has 0 spiro atoms. The SMILES string of the molecule is O=C(NCc1nc2ccccc2[nH]1)[C@@H]1C[C@H]1c1ccccc1F. The van der Waals surface area contributed by atoms with Crippen molar-refractivity contribution in [2.75, 3.05) is 0 Å². The van der Waals surface area contributed by atoms with Gasteiger partial charge in [-0.2, -0.15) is 0 Å². The molecule has 5 heteroatoms. The summed E-state index contributed by atoms with van der Waals surface area (Å²) < 4.78 is 13.7. The van der Waals surface area contributed by atoms with E-state index in [1.54, 1.807) is 18.2 Å². The molecule has 1 amide bonds. The molecule has 0 aliphatic heterocycles. The molecule has 1 aliphatic carbocycles. The van der Waals surface area contributed by atoms with Crippen LogP contribution >= 0.6 is 0 Å². The van der Waals surface area contributed by atoms with Crippen LogP contribution in [0.25, 0.3) is 11.0 Å². The van der Waals surface area contributed by atoms with Crippen LogP contribution in [0.2, 0.25) is 0 Å². The third kappa shape index (κ3) is 2.70. The van der Waals surface area contributed by atoms with Gasteiger partial charge in [0.1, 0.15) is 11.6 Å². The average molecular weight is 309 g/mol. The van der Waals surface area contributed by atoms with Crippen molar-refractivity contribution in [3.63, 3.8) is 0 Å². The molecule has 0 bridgehead atoms. The number of benzene rings is 2. The average Bonchev–Trinajstić information content (AvgIpc) is 3.24. The van der Waals surface area contributed by atoms with Crippen LogP contribution < -0.4 is 5.32 Å². The second kappa shape index (κ2) is 5.50. The van der Waals surface area contributed by atoms with Crippen molar-refractivity contribution in [1.82, 2.24) is 15.3 Å². The van der Waals surface area contributed by atoms with Gasteiger partial charge in [-0.25, -0.2) is 9.37 Å². The summed E-state index contributed by atoms with van der Waals surface area (Å²) in [7, 11) is 0. The van der Waals surface area contributed by atoms with Crippen LogP contribution in [0.15, 0.2) is 48.5 Å². The van der Waals surface area contributed by atoms with E-state index in [9.17, 15) is 9.18 Å². The molecule has 2 atom stereocenters. The van der Waals surface area contributed by atoms with Gasteiger partial charge in [-0.1, -0.05) is 30.3 Å². The molecule has 4 nitrogen and oxygen atoms in total. The number of amides is 1. The van der Waals surface area contributed by atoms with Crippen molar-refractivity contribution in [2.24, 2.45) is 5.92 Å². The number of fused-ring (bicyclic) bond motifs is 1. The Morgan fingerprint density at radius 1 is 1.22 bits per heavy atom. The molecule has 3 aromatic rings. The standard InChI is InChI=1S/C18H16FN3O/c19-14-6-2-1-5-11(14)12-9-13(12)18(23)20-10-17-21-15-7-3-4-8-16(15)22-17/h1-8,12-13H,9-10H2,(H,20,23)(H,21,22)/t12-,13+/m0/s1. The number of hydrogen-bond donors (Lipinski definition) is 2. The Labute approximate surface area is 132 Å². The van der Waals surface area contributed by atoms with Gasteiger partial charge in [-0.05, 0) is 36.1 Å². The van der Waals surface area contributed by atoms with E-state index in [0.717, 1.165) is 16.9 Å². The second-order valence-corrected chi connectivity index (χ2v) is 5.89. The maximum absolute atomic E-state index is 13.7. The van der Waals surface area contributed by atoms with E-state index in [1.165, 1.54) is 6.07 Å². The van der Waals surface area contributed by atoms with Crippen molar-refractivity contribution in [2.45, 2.75) is 18.9 Å². The fourth-order valence-corrected chi connectivity index (χ4v) is 3.00. The van der Waals surface area contributed by atoms with Gasteiger partial charge in [0, 0.05) is 5.92 Å². The number of nitrogens with zero attached hydrogens (tertiary/aromatic N) is 1. The van der Waals surface area contributed by atoms with E-state index >= 15 is 0 Å². The van der Waals surface area contributed by atoms with Crippen LogP contribution in [0.5, 0.6) is 0 Å². The molecular formula is C18H16FN3O. The molecule has 1 fully saturated rings. The van der Waals surface area contributed by atoms with Crippen molar-refractivity contribution in [3.05, 3.63) is 65.7 Å². The molecule has 23 heavy (non-hydrogen) atoms. The fourth-order valence-electron chi connectivity index (χ4n) is 3.00. The van der Waals surface area contributed by atoms with Crippen molar-refractivity contribution < 1.29 is 9.18 Å². The highest BCUT2D eigenvalue weighted by Gasteiger charge is 2.44. The summed E-state index contributed by atoms with van der Waals surface area (Å²) in [5.41, 5.74) is 2.47. The maximum Gasteiger partial charge on any atom is 0.224 e. The number of nitrogens with one attached hydrogen (secondary N) is 2. The van der Waals surface area contributed by atoms with Gasteiger partial charge in [0.15, 0.2) is 0 Å². The number of rotatable bonds is 4. The van der Waals surface area contributed by atoms with E-state index in [4.69, 9.17) is 0 Å². The van der Waals surface area contributed by atoms with Crippen LogP contribution in [0, 0.1) is 11.7 Å². The van der Waals surface area contributed by atoms with Crippen LogP contribution in [-0.2, 0) is 11.3 Å². The Bertz CT molecular complexity index is 840. The largest absolute Gasteiger partial charge is 0.349 e. The van der Waals surface area contributed by atoms with Crippen LogP contribution in [0.1, 0.15) is 23.7 Å². The van der Waals surface area contributed by atoms with E-state index in [-0.39, 0.29) is 23.6 Å². The van der Waals surface area contributed by atoms with Gasteiger partial charge in [0.25, 0.3) is 0 Å². The molecule has 2 aromatic carbocycles. The number of para-hydroxylation sites is 2. The van der Waals surface area contributed by atoms with Gasteiger partial charge in [0.05, 0.1) is 17.6 Å². The molecule has 1 saturated carbocycles. The second-order valence-electron chi connectivity index (χ2n) is 5.89. The monoisotopic (exact) mass is 309 g/mol. The number of imidazole rings is 1. The molecular weight excluding hydrogens is 293 g/mol. The third-order valence-electron chi connectivity index (χ3n) is 4.30. The summed E-state index contributed by atoms with van der Waals surface area (Å²) in [5, 5.41) is 2.89. The minimum Gasteiger partial charge on any atom is -0.349 e. The van der Waals surface area contributed by atoms with Crippen LogP contribution in [0.3, 0.4) is 0 Å². The first-order valence-corrected chi connectivity index (χ1v) is 7.68.